The summed E-state index contributed by atoms with van der Waals surface area (Å²) in [4.78, 5) is 4.96. The second-order valence-electron chi connectivity index (χ2n) is 5.43. The predicted molar refractivity (Wildman–Crippen MR) is 69.9 cm³/mol. The van der Waals surface area contributed by atoms with Gasteiger partial charge in [0.1, 0.15) is 5.82 Å². The van der Waals surface area contributed by atoms with Crippen molar-refractivity contribution in [2.75, 3.05) is 32.7 Å². The van der Waals surface area contributed by atoms with E-state index in [-0.39, 0.29) is 11.9 Å². The van der Waals surface area contributed by atoms with E-state index in [1.807, 2.05) is 13.0 Å². The van der Waals surface area contributed by atoms with Crippen molar-refractivity contribution in [3.05, 3.63) is 35.1 Å². The van der Waals surface area contributed by atoms with Gasteiger partial charge in [-0.2, -0.15) is 0 Å². The fourth-order valence-electron chi connectivity index (χ4n) is 3.22. The number of hydrogen-bond acceptors (Lipinski definition) is 3. The Bertz CT molecular complexity index is 441. The highest BCUT2D eigenvalue weighted by Crippen LogP contribution is 2.27. The minimum Gasteiger partial charge on any atom is -0.323 e. The van der Waals surface area contributed by atoms with E-state index in [0.29, 0.717) is 6.04 Å². The van der Waals surface area contributed by atoms with Crippen LogP contribution in [0.25, 0.3) is 0 Å². The van der Waals surface area contributed by atoms with Crippen LogP contribution in [0.1, 0.15) is 17.2 Å². The van der Waals surface area contributed by atoms with Crippen molar-refractivity contribution in [3.8, 4) is 0 Å². The molecule has 3 heterocycles. The quantitative estimate of drug-likeness (QED) is 0.853. The van der Waals surface area contributed by atoms with Crippen LogP contribution >= 0.6 is 0 Å². The van der Waals surface area contributed by atoms with Gasteiger partial charge in [-0.1, -0.05) is 6.07 Å². The Morgan fingerprint density at radius 3 is 2.56 bits per heavy atom. The molecule has 3 aliphatic rings. The maximum Gasteiger partial charge on any atom is 0.123 e. The molecule has 0 amide bonds. The smallest absolute Gasteiger partial charge is 0.123 e. The molecule has 4 rings (SSSR count). The van der Waals surface area contributed by atoms with Gasteiger partial charge in [-0.05, 0) is 30.2 Å². The molecule has 0 aliphatic carbocycles. The van der Waals surface area contributed by atoms with Gasteiger partial charge in [0.05, 0.1) is 0 Å². The Kier molecular flexibility index (Phi) is 3.09. The molecule has 2 atom stereocenters. The van der Waals surface area contributed by atoms with Gasteiger partial charge < -0.3 is 5.73 Å². The van der Waals surface area contributed by atoms with Crippen molar-refractivity contribution < 1.29 is 4.39 Å². The molecule has 0 aromatic heterocycles. The molecule has 3 nitrogen and oxygen atoms in total. The van der Waals surface area contributed by atoms with Crippen molar-refractivity contribution in [1.82, 2.24) is 9.80 Å². The fourth-order valence-corrected chi connectivity index (χ4v) is 3.22. The van der Waals surface area contributed by atoms with E-state index in [2.05, 4.69) is 9.80 Å². The van der Waals surface area contributed by atoms with Gasteiger partial charge in [0.25, 0.3) is 0 Å². The summed E-state index contributed by atoms with van der Waals surface area (Å²) in [6.45, 7) is 7.52. The van der Waals surface area contributed by atoms with Crippen LogP contribution in [0.3, 0.4) is 0 Å². The summed E-state index contributed by atoms with van der Waals surface area (Å²) in [6.07, 6.45) is 0. The van der Waals surface area contributed by atoms with Gasteiger partial charge >= 0.3 is 0 Å². The molecule has 1 aromatic rings. The lowest BCUT2D eigenvalue weighted by molar-refractivity contribution is 0.00206. The Hall–Kier alpha value is -0.970. The number of nitrogens with zero attached hydrogens (tertiary/aromatic N) is 2. The van der Waals surface area contributed by atoms with Crippen LogP contribution < -0.4 is 5.73 Å². The molecule has 2 N–H and O–H groups in total. The third-order valence-electron chi connectivity index (χ3n) is 4.33. The fraction of sp³-hybridized carbons (Fsp3) is 0.571. The lowest BCUT2D eigenvalue weighted by atomic mass is 9.92. The summed E-state index contributed by atoms with van der Waals surface area (Å²) < 4.78 is 13.1. The molecule has 2 unspecified atom stereocenters. The molecule has 18 heavy (non-hydrogen) atoms. The molecular formula is C14H20FN3. The molecule has 0 spiro atoms. The molecule has 98 valence electrons. The molecule has 3 aliphatic heterocycles. The first-order valence-corrected chi connectivity index (χ1v) is 6.63. The van der Waals surface area contributed by atoms with Crippen molar-refractivity contribution >= 4 is 0 Å². The lowest BCUT2D eigenvalue weighted by Crippen LogP contribution is -2.63. The summed E-state index contributed by atoms with van der Waals surface area (Å²) in [5.41, 5.74) is 8.45. The maximum absolute atomic E-state index is 13.1. The second kappa shape index (κ2) is 4.61. The summed E-state index contributed by atoms with van der Waals surface area (Å²) in [6, 6.07) is 5.28. The third kappa shape index (κ3) is 2.05. The second-order valence-corrected chi connectivity index (χ2v) is 5.43. The molecular weight excluding hydrogens is 229 g/mol. The average molecular weight is 249 g/mol. The number of piperazine rings is 3. The van der Waals surface area contributed by atoms with E-state index >= 15 is 0 Å². The SMILES string of the molecule is Cc1cc(F)ccc1C(N)C1CN2CCN1CC2. The highest BCUT2D eigenvalue weighted by Gasteiger charge is 2.36. The lowest BCUT2D eigenvalue weighted by Gasteiger charge is -2.49. The van der Waals surface area contributed by atoms with Crippen LogP contribution in [0.15, 0.2) is 18.2 Å². The highest BCUT2D eigenvalue weighted by atomic mass is 19.1. The Balaban J connectivity index is 1.83. The minimum atomic E-state index is -0.183. The van der Waals surface area contributed by atoms with Crippen LogP contribution in [0.5, 0.6) is 0 Å². The summed E-state index contributed by atoms with van der Waals surface area (Å²) >= 11 is 0. The van der Waals surface area contributed by atoms with Gasteiger partial charge in [-0.25, -0.2) is 4.39 Å². The third-order valence-corrected chi connectivity index (χ3v) is 4.33. The number of rotatable bonds is 2. The first kappa shape index (κ1) is 12.1. The number of fused-ring (bicyclic) bond motifs is 3. The number of aryl methyl sites for hydroxylation is 1. The predicted octanol–water partition coefficient (Wildman–Crippen LogP) is 1.13. The van der Waals surface area contributed by atoms with Gasteiger partial charge in [0.2, 0.25) is 0 Å². The summed E-state index contributed by atoms with van der Waals surface area (Å²) in [7, 11) is 0. The number of benzene rings is 1. The van der Waals surface area contributed by atoms with Crippen molar-refractivity contribution in [2.45, 2.75) is 19.0 Å². The van der Waals surface area contributed by atoms with E-state index in [1.54, 1.807) is 6.07 Å². The molecule has 3 fully saturated rings. The van der Waals surface area contributed by atoms with E-state index in [1.165, 1.54) is 6.07 Å². The number of halogens is 1. The zero-order valence-electron chi connectivity index (χ0n) is 10.8. The van der Waals surface area contributed by atoms with Crippen molar-refractivity contribution in [3.63, 3.8) is 0 Å². The topological polar surface area (TPSA) is 32.5 Å². The standard InChI is InChI=1S/C14H20FN3/c1-10-8-11(15)2-3-12(10)14(16)13-9-17-4-6-18(13)7-5-17/h2-3,8,13-14H,4-7,9,16H2,1H3. The van der Waals surface area contributed by atoms with Crippen LogP contribution in [-0.2, 0) is 0 Å². The van der Waals surface area contributed by atoms with Crippen LogP contribution in [-0.4, -0.2) is 48.6 Å². The first-order chi connectivity index (χ1) is 8.65. The zero-order valence-corrected chi connectivity index (χ0v) is 10.8. The van der Waals surface area contributed by atoms with Crippen molar-refractivity contribution in [2.24, 2.45) is 5.73 Å². The van der Waals surface area contributed by atoms with E-state index < -0.39 is 0 Å². The molecule has 4 heteroatoms. The maximum atomic E-state index is 13.1. The molecule has 3 saturated heterocycles. The monoisotopic (exact) mass is 249 g/mol. The number of nitrogens with two attached hydrogens (primary N) is 1. The van der Waals surface area contributed by atoms with E-state index in [4.69, 9.17) is 5.73 Å². The Labute approximate surface area is 107 Å². The minimum absolute atomic E-state index is 0.0197. The largest absolute Gasteiger partial charge is 0.323 e. The Morgan fingerprint density at radius 1 is 1.28 bits per heavy atom. The molecule has 0 saturated carbocycles. The molecule has 1 aromatic carbocycles. The number of hydrogen-bond donors (Lipinski definition) is 1. The van der Waals surface area contributed by atoms with E-state index in [9.17, 15) is 4.39 Å². The van der Waals surface area contributed by atoms with Gasteiger partial charge in [0.15, 0.2) is 0 Å². The van der Waals surface area contributed by atoms with Crippen molar-refractivity contribution in [1.29, 1.82) is 0 Å². The zero-order chi connectivity index (χ0) is 12.7. The van der Waals surface area contributed by atoms with Gasteiger partial charge in [-0.3, -0.25) is 9.80 Å². The first-order valence-electron chi connectivity index (χ1n) is 6.63. The normalized spacial score (nSPS) is 32.5. The highest BCUT2D eigenvalue weighted by molar-refractivity contribution is 5.30. The molecule has 0 radical (unpaired) electrons. The van der Waals surface area contributed by atoms with Crippen LogP contribution in [0.4, 0.5) is 4.39 Å². The summed E-state index contributed by atoms with van der Waals surface area (Å²) in [5, 5.41) is 0. The van der Waals surface area contributed by atoms with Crippen LogP contribution in [0, 0.1) is 12.7 Å². The van der Waals surface area contributed by atoms with Crippen LogP contribution in [0.2, 0.25) is 0 Å². The average Bonchev–Trinajstić information content (AvgIpc) is 2.39. The van der Waals surface area contributed by atoms with Gasteiger partial charge in [0, 0.05) is 44.8 Å². The van der Waals surface area contributed by atoms with Gasteiger partial charge in [-0.15, -0.1) is 0 Å². The summed E-state index contributed by atoms with van der Waals surface area (Å²) in [5.74, 6) is -0.183. The van der Waals surface area contributed by atoms with E-state index in [0.717, 1.165) is 43.9 Å². The Morgan fingerprint density at radius 2 is 2.00 bits per heavy atom. The molecule has 2 bridgehead atoms.